The maximum absolute atomic E-state index is 11.3. The summed E-state index contributed by atoms with van der Waals surface area (Å²) in [5.74, 6) is -1.22. The Morgan fingerprint density at radius 3 is 2.19 bits per heavy atom. The Labute approximate surface area is 90.5 Å². The summed E-state index contributed by atoms with van der Waals surface area (Å²) >= 11 is 0. The summed E-state index contributed by atoms with van der Waals surface area (Å²) in [7, 11) is 0. The van der Waals surface area contributed by atoms with Crippen LogP contribution in [-0.4, -0.2) is 63.2 Å². The quantitative estimate of drug-likeness (QED) is 0.446. The van der Waals surface area contributed by atoms with Crippen LogP contribution in [0.4, 0.5) is 0 Å². The molecular weight excluding hydrogens is 218 g/mol. The van der Waals surface area contributed by atoms with Gasteiger partial charge in [0.05, 0.1) is 6.61 Å². The highest BCUT2D eigenvalue weighted by Gasteiger charge is 2.48. The van der Waals surface area contributed by atoms with Crippen molar-refractivity contribution in [3.05, 3.63) is 12.2 Å². The Morgan fingerprint density at radius 2 is 1.75 bits per heavy atom. The summed E-state index contributed by atoms with van der Waals surface area (Å²) in [5, 5.41) is 27.9. The van der Waals surface area contributed by atoms with Gasteiger partial charge in [-0.1, -0.05) is 0 Å². The standard InChI is InChI=1S/C9H11NO6/c11-3-4-7(14)8(15)9(16-4)10-5(12)1-2-6(10)13/h1-2,4,7-9,11,14-15H,3H2/t4-,7-,8-,9?/m1/s1. The molecule has 0 saturated carbocycles. The molecule has 2 heterocycles. The SMILES string of the molecule is O=C1C=CC(=O)N1C1O[C@H](CO)[C@@H](O)[C@H]1O. The highest BCUT2D eigenvalue weighted by Crippen LogP contribution is 2.25. The molecule has 1 unspecified atom stereocenters. The molecule has 88 valence electrons. The van der Waals surface area contributed by atoms with Gasteiger partial charge in [-0.3, -0.25) is 9.59 Å². The van der Waals surface area contributed by atoms with Crippen molar-refractivity contribution < 1.29 is 29.6 Å². The summed E-state index contributed by atoms with van der Waals surface area (Å²) in [6.07, 6.45) is -2.88. The second kappa shape index (κ2) is 3.95. The number of ether oxygens (including phenoxy) is 1. The summed E-state index contributed by atoms with van der Waals surface area (Å²) in [4.78, 5) is 23.3. The van der Waals surface area contributed by atoms with Gasteiger partial charge in [-0.05, 0) is 0 Å². The van der Waals surface area contributed by atoms with Gasteiger partial charge in [-0.2, -0.15) is 0 Å². The van der Waals surface area contributed by atoms with Crippen LogP contribution in [-0.2, 0) is 14.3 Å². The number of nitrogens with zero attached hydrogens (tertiary/aromatic N) is 1. The molecule has 2 rings (SSSR count). The van der Waals surface area contributed by atoms with Crippen LogP contribution in [0, 0.1) is 0 Å². The second-order valence-corrected chi connectivity index (χ2v) is 3.61. The fourth-order valence-electron chi connectivity index (χ4n) is 1.76. The van der Waals surface area contributed by atoms with E-state index in [0.717, 1.165) is 12.2 Å². The van der Waals surface area contributed by atoms with E-state index in [1.165, 1.54) is 0 Å². The second-order valence-electron chi connectivity index (χ2n) is 3.61. The molecular formula is C9H11NO6. The molecule has 1 fully saturated rings. The molecule has 7 nitrogen and oxygen atoms in total. The van der Waals surface area contributed by atoms with Crippen molar-refractivity contribution in [3.63, 3.8) is 0 Å². The van der Waals surface area contributed by atoms with Gasteiger partial charge in [-0.15, -0.1) is 0 Å². The minimum atomic E-state index is -1.41. The molecule has 4 atom stereocenters. The van der Waals surface area contributed by atoms with Crippen LogP contribution in [0.3, 0.4) is 0 Å². The molecule has 1 saturated heterocycles. The van der Waals surface area contributed by atoms with Gasteiger partial charge in [0.1, 0.15) is 18.3 Å². The van der Waals surface area contributed by atoms with E-state index in [1.807, 2.05) is 0 Å². The molecule has 0 spiro atoms. The molecule has 0 bridgehead atoms. The lowest BCUT2D eigenvalue weighted by molar-refractivity contribution is -0.158. The molecule has 0 aromatic rings. The number of rotatable bonds is 2. The Balaban J connectivity index is 2.17. The van der Waals surface area contributed by atoms with Crippen LogP contribution in [0.1, 0.15) is 0 Å². The normalized spacial score (nSPS) is 38.8. The van der Waals surface area contributed by atoms with E-state index in [1.54, 1.807) is 0 Å². The van der Waals surface area contributed by atoms with Gasteiger partial charge in [0.25, 0.3) is 11.8 Å². The number of aliphatic hydroxyl groups is 3. The zero-order chi connectivity index (χ0) is 11.9. The number of hydrogen-bond donors (Lipinski definition) is 3. The fraction of sp³-hybridized carbons (Fsp3) is 0.556. The molecule has 0 aromatic heterocycles. The van der Waals surface area contributed by atoms with Crippen LogP contribution in [0.25, 0.3) is 0 Å². The Morgan fingerprint density at radius 1 is 1.19 bits per heavy atom. The lowest BCUT2D eigenvalue weighted by atomic mass is 10.1. The number of aliphatic hydroxyl groups excluding tert-OH is 3. The Kier molecular flexibility index (Phi) is 2.76. The summed E-state index contributed by atoms with van der Waals surface area (Å²) in [6, 6.07) is 0. The third-order valence-corrected chi connectivity index (χ3v) is 2.61. The molecule has 3 N–H and O–H groups in total. The monoisotopic (exact) mass is 229 g/mol. The van der Waals surface area contributed by atoms with Gasteiger partial charge in [0.2, 0.25) is 0 Å². The average Bonchev–Trinajstić information content (AvgIpc) is 2.72. The molecule has 2 aliphatic rings. The molecule has 2 amide bonds. The molecule has 2 aliphatic heterocycles. The van der Waals surface area contributed by atoms with E-state index in [2.05, 4.69) is 0 Å². The predicted molar refractivity (Wildman–Crippen MR) is 48.8 cm³/mol. The zero-order valence-electron chi connectivity index (χ0n) is 8.18. The minimum Gasteiger partial charge on any atom is -0.394 e. The van der Waals surface area contributed by atoms with Crippen LogP contribution in [0.2, 0.25) is 0 Å². The molecule has 7 heteroatoms. The lowest BCUT2D eigenvalue weighted by Gasteiger charge is -2.23. The Bertz CT molecular complexity index is 336. The first kappa shape index (κ1) is 11.2. The van der Waals surface area contributed by atoms with E-state index in [4.69, 9.17) is 9.84 Å². The van der Waals surface area contributed by atoms with Gasteiger partial charge in [0.15, 0.2) is 6.23 Å². The fourth-order valence-corrected chi connectivity index (χ4v) is 1.76. The molecule has 0 aliphatic carbocycles. The first-order valence-electron chi connectivity index (χ1n) is 4.74. The van der Waals surface area contributed by atoms with E-state index >= 15 is 0 Å². The third-order valence-electron chi connectivity index (χ3n) is 2.61. The minimum absolute atomic E-state index is 0.502. The third kappa shape index (κ3) is 1.54. The van der Waals surface area contributed by atoms with E-state index in [-0.39, 0.29) is 0 Å². The lowest BCUT2D eigenvalue weighted by Crippen LogP contribution is -2.47. The number of hydrogen-bond acceptors (Lipinski definition) is 6. The maximum Gasteiger partial charge on any atom is 0.255 e. The average molecular weight is 229 g/mol. The summed E-state index contributed by atoms with van der Waals surface area (Å²) < 4.78 is 5.05. The van der Waals surface area contributed by atoms with Crippen molar-refractivity contribution in [1.29, 1.82) is 0 Å². The van der Waals surface area contributed by atoms with Crippen molar-refractivity contribution in [3.8, 4) is 0 Å². The first-order valence-corrected chi connectivity index (χ1v) is 4.74. The van der Waals surface area contributed by atoms with Gasteiger partial charge in [0, 0.05) is 12.2 Å². The predicted octanol–water partition coefficient (Wildman–Crippen LogP) is -2.65. The number of carbonyl (C=O) groups excluding carboxylic acids is 2. The number of carbonyl (C=O) groups is 2. The van der Waals surface area contributed by atoms with Crippen molar-refractivity contribution in [1.82, 2.24) is 4.90 Å². The van der Waals surface area contributed by atoms with Gasteiger partial charge >= 0.3 is 0 Å². The zero-order valence-corrected chi connectivity index (χ0v) is 8.18. The highest BCUT2D eigenvalue weighted by atomic mass is 16.6. The number of imide groups is 1. The van der Waals surface area contributed by atoms with Crippen LogP contribution in [0.15, 0.2) is 12.2 Å². The molecule has 0 radical (unpaired) electrons. The highest BCUT2D eigenvalue weighted by molar-refractivity contribution is 6.13. The van der Waals surface area contributed by atoms with Gasteiger partial charge < -0.3 is 20.1 Å². The topological polar surface area (TPSA) is 107 Å². The van der Waals surface area contributed by atoms with Crippen molar-refractivity contribution in [2.75, 3.05) is 6.61 Å². The van der Waals surface area contributed by atoms with Crippen LogP contribution in [0.5, 0.6) is 0 Å². The van der Waals surface area contributed by atoms with Crippen molar-refractivity contribution >= 4 is 11.8 Å². The van der Waals surface area contributed by atoms with Crippen molar-refractivity contribution in [2.24, 2.45) is 0 Å². The Hall–Kier alpha value is -1.28. The maximum atomic E-state index is 11.3. The first-order chi connectivity index (χ1) is 7.56. The molecule has 0 aromatic carbocycles. The molecule has 16 heavy (non-hydrogen) atoms. The van der Waals surface area contributed by atoms with E-state index in [0.29, 0.717) is 4.90 Å². The summed E-state index contributed by atoms with van der Waals surface area (Å²) in [6.45, 7) is -0.502. The summed E-state index contributed by atoms with van der Waals surface area (Å²) in [5.41, 5.74) is 0. The number of amides is 2. The van der Waals surface area contributed by atoms with Crippen molar-refractivity contribution in [2.45, 2.75) is 24.5 Å². The van der Waals surface area contributed by atoms with E-state index in [9.17, 15) is 19.8 Å². The smallest absolute Gasteiger partial charge is 0.255 e. The van der Waals surface area contributed by atoms with Gasteiger partial charge in [-0.25, -0.2) is 4.90 Å². The van der Waals surface area contributed by atoms with E-state index < -0.39 is 43.0 Å². The largest absolute Gasteiger partial charge is 0.394 e. The van der Waals surface area contributed by atoms with Crippen LogP contribution >= 0.6 is 0 Å². The van der Waals surface area contributed by atoms with Crippen LogP contribution < -0.4 is 0 Å².